The van der Waals surface area contributed by atoms with Crippen molar-refractivity contribution in [3.05, 3.63) is 36.2 Å². The van der Waals surface area contributed by atoms with E-state index in [4.69, 9.17) is 0 Å². The molecule has 102 valence electrons. The predicted octanol–water partition coefficient (Wildman–Crippen LogP) is 2.46. The molecule has 0 saturated carbocycles. The van der Waals surface area contributed by atoms with Gasteiger partial charge >= 0.3 is 0 Å². The second-order valence-corrected chi connectivity index (χ2v) is 4.75. The van der Waals surface area contributed by atoms with Crippen LogP contribution in [0.1, 0.15) is 18.9 Å². The molecule has 1 amide bonds. The van der Waals surface area contributed by atoms with Crippen molar-refractivity contribution in [1.82, 2.24) is 9.97 Å². The van der Waals surface area contributed by atoms with Gasteiger partial charge in [0.2, 0.25) is 11.9 Å². The smallest absolute Gasteiger partial charge is 0.224 e. The predicted molar refractivity (Wildman–Crippen MR) is 78.6 cm³/mol. The molecule has 1 aromatic carbocycles. The van der Waals surface area contributed by atoms with Gasteiger partial charge in [0.05, 0.1) is 0 Å². The van der Waals surface area contributed by atoms with Crippen LogP contribution in [0.5, 0.6) is 0 Å². The number of aryl methyl sites for hydroxylation is 1. The first-order valence-corrected chi connectivity index (χ1v) is 6.75. The molecule has 2 aromatic rings. The minimum atomic E-state index is 0.0866. The molecule has 0 spiro atoms. The van der Waals surface area contributed by atoms with E-state index >= 15 is 0 Å². The number of carbonyl (C=O) groups is 1. The average Bonchev–Trinajstić information content (AvgIpc) is 2.48. The molecule has 5 heteroatoms. The summed E-state index contributed by atoms with van der Waals surface area (Å²) in [6, 6.07) is 6.02. The Morgan fingerprint density at radius 3 is 2.75 bits per heavy atom. The zero-order valence-electron chi connectivity index (χ0n) is 11.3. The second kappa shape index (κ2) is 5.28. The van der Waals surface area contributed by atoms with E-state index < -0.39 is 0 Å². The maximum atomic E-state index is 11.3. The summed E-state index contributed by atoms with van der Waals surface area (Å²) in [5.41, 5.74) is 4.13. The van der Waals surface area contributed by atoms with E-state index in [2.05, 4.69) is 26.7 Å². The number of benzene rings is 1. The van der Waals surface area contributed by atoms with Crippen LogP contribution in [0, 0.1) is 0 Å². The Morgan fingerprint density at radius 2 is 2.00 bits per heavy atom. The number of rotatable bonds is 3. The minimum absolute atomic E-state index is 0.0866. The van der Waals surface area contributed by atoms with Crippen LogP contribution in [0.15, 0.2) is 30.6 Å². The first kappa shape index (κ1) is 12.6. The molecule has 0 unspecified atom stereocenters. The number of fused-ring (bicyclic) bond motifs is 1. The summed E-state index contributed by atoms with van der Waals surface area (Å²) in [4.78, 5) is 19.9. The van der Waals surface area contributed by atoms with E-state index in [1.807, 2.05) is 31.5 Å². The molecule has 0 saturated heterocycles. The van der Waals surface area contributed by atoms with Crippen LogP contribution in [0.2, 0.25) is 0 Å². The van der Waals surface area contributed by atoms with E-state index in [1.165, 1.54) is 0 Å². The molecule has 0 atom stereocenters. The van der Waals surface area contributed by atoms with Crippen LogP contribution in [0.25, 0.3) is 11.1 Å². The molecule has 1 aliphatic rings. The van der Waals surface area contributed by atoms with Gasteiger partial charge in [0.15, 0.2) is 0 Å². The molecule has 5 nitrogen and oxygen atoms in total. The number of hydrogen-bond donors (Lipinski definition) is 2. The molecule has 3 rings (SSSR count). The topological polar surface area (TPSA) is 66.9 Å². The van der Waals surface area contributed by atoms with E-state index in [0.29, 0.717) is 12.4 Å². The van der Waals surface area contributed by atoms with Crippen LogP contribution >= 0.6 is 0 Å². The van der Waals surface area contributed by atoms with Crippen molar-refractivity contribution in [2.75, 3.05) is 17.2 Å². The summed E-state index contributed by atoms with van der Waals surface area (Å²) in [6.07, 6.45) is 4.96. The third kappa shape index (κ3) is 2.47. The fraction of sp³-hybridized carbons (Fsp3) is 0.267. The summed E-state index contributed by atoms with van der Waals surface area (Å²) >= 11 is 0. The lowest BCUT2D eigenvalue weighted by Crippen LogP contribution is -2.18. The highest BCUT2D eigenvalue weighted by Crippen LogP contribution is 2.28. The van der Waals surface area contributed by atoms with E-state index in [-0.39, 0.29) is 5.91 Å². The maximum Gasteiger partial charge on any atom is 0.224 e. The van der Waals surface area contributed by atoms with Crippen LogP contribution in [-0.2, 0) is 11.2 Å². The van der Waals surface area contributed by atoms with Gasteiger partial charge in [0.1, 0.15) is 0 Å². The summed E-state index contributed by atoms with van der Waals surface area (Å²) in [6.45, 7) is 2.81. The summed E-state index contributed by atoms with van der Waals surface area (Å²) < 4.78 is 0. The van der Waals surface area contributed by atoms with Crippen molar-refractivity contribution in [3.63, 3.8) is 0 Å². The number of carbonyl (C=O) groups excluding carboxylic acids is 1. The Bertz CT molecular complexity index is 637. The van der Waals surface area contributed by atoms with Crippen molar-refractivity contribution in [2.45, 2.75) is 19.8 Å². The van der Waals surface area contributed by atoms with Crippen molar-refractivity contribution >= 4 is 17.5 Å². The zero-order valence-corrected chi connectivity index (χ0v) is 11.3. The fourth-order valence-electron chi connectivity index (χ4n) is 2.29. The van der Waals surface area contributed by atoms with Gasteiger partial charge in [-0.15, -0.1) is 0 Å². The lowest BCUT2D eigenvalue weighted by molar-refractivity contribution is -0.116. The van der Waals surface area contributed by atoms with Gasteiger partial charge in [-0.2, -0.15) is 0 Å². The Balaban J connectivity index is 1.89. The van der Waals surface area contributed by atoms with Crippen molar-refractivity contribution in [2.24, 2.45) is 0 Å². The molecular formula is C15H16N4O. The summed E-state index contributed by atoms with van der Waals surface area (Å²) in [5.74, 6) is 0.727. The zero-order chi connectivity index (χ0) is 13.9. The lowest BCUT2D eigenvalue weighted by atomic mass is 9.98. The molecule has 1 aromatic heterocycles. The van der Waals surface area contributed by atoms with Crippen LogP contribution in [0.3, 0.4) is 0 Å². The highest BCUT2D eigenvalue weighted by Gasteiger charge is 2.15. The van der Waals surface area contributed by atoms with Gasteiger partial charge in [-0.3, -0.25) is 4.79 Å². The molecule has 0 radical (unpaired) electrons. The van der Waals surface area contributed by atoms with Crippen molar-refractivity contribution in [1.29, 1.82) is 0 Å². The monoisotopic (exact) mass is 268 g/mol. The second-order valence-electron chi connectivity index (χ2n) is 4.75. The number of hydrogen-bond acceptors (Lipinski definition) is 4. The Kier molecular flexibility index (Phi) is 3.33. The molecule has 2 heterocycles. The van der Waals surface area contributed by atoms with E-state index in [1.54, 1.807) is 0 Å². The lowest BCUT2D eigenvalue weighted by Gasteiger charge is -2.17. The van der Waals surface area contributed by atoms with Gasteiger partial charge in [-0.1, -0.05) is 6.07 Å². The third-order valence-electron chi connectivity index (χ3n) is 3.32. The highest BCUT2D eigenvalue weighted by molar-refractivity contribution is 5.94. The summed E-state index contributed by atoms with van der Waals surface area (Å²) in [7, 11) is 0. The SMILES string of the molecule is CCNc1ncc(-c2ccc3c(c2)CCC(=O)N3)cn1. The van der Waals surface area contributed by atoms with Gasteiger partial charge in [0, 0.05) is 36.6 Å². The standard InChI is InChI=1S/C15H16N4O/c1-2-16-15-17-8-12(9-18-15)10-3-5-13-11(7-10)4-6-14(20)19-13/h3,5,7-9H,2,4,6H2,1H3,(H,19,20)(H,16,17,18). The molecule has 0 bridgehead atoms. The Morgan fingerprint density at radius 1 is 1.20 bits per heavy atom. The molecule has 0 aliphatic carbocycles. The first-order valence-electron chi connectivity index (χ1n) is 6.75. The number of anilines is 2. The van der Waals surface area contributed by atoms with E-state index in [9.17, 15) is 4.79 Å². The number of nitrogens with one attached hydrogen (secondary N) is 2. The molecule has 0 fully saturated rings. The fourth-order valence-corrected chi connectivity index (χ4v) is 2.29. The first-order chi connectivity index (χ1) is 9.76. The number of amides is 1. The van der Waals surface area contributed by atoms with Crippen LogP contribution in [-0.4, -0.2) is 22.4 Å². The largest absolute Gasteiger partial charge is 0.355 e. The Hall–Kier alpha value is -2.43. The van der Waals surface area contributed by atoms with E-state index in [0.717, 1.165) is 35.3 Å². The normalized spacial score (nSPS) is 13.6. The third-order valence-corrected chi connectivity index (χ3v) is 3.32. The quantitative estimate of drug-likeness (QED) is 0.897. The minimum Gasteiger partial charge on any atom is -0.355 e. The van der Waals surface area contributed by atoms with Gasteiger partial charge < -0.3 is 10.6 Å². The Labute approximate surface area is 117 Å². The van der Waals surface area contributed by atoms with Crippen molar-refractivity contribution < 1.29 is 4.79 Å². The molecular weight excluding hydrogens is 252 g/mol. The summed E-state index contributed by atoms with van der Waals surface area (Å²) in [5, 5.41) is 5.96. The average molecular weight is 268 g/mol. The number of nitrogens with zero attached hydrogens (tertiary/aromatic N) is 2. The van der Waals surface area contributed by atoms with Crippen LogP contribution in [0.4, 0.5) is 11.6 Å². The van der Waals surface area contributed by atoms with Crippen molar-refractivity contribution in [3.8, 4) is 11.1 Å². The van der Waals surface area contributed by atoms with Crippen LogP contribution < -0.4 is 10.6 Å². The maximum absolute atomic E-state index is 11.3. The number of aromatic nitrogens is 2. The molecule has 20 heavy (non-hydrogen) atoms. The molecule has 2 N–H and O–H groups in total. The van der Waals surface area contributed by atoms with Gasteiger partial charge in [-0.05, 0) is 36.6 Å². The highest BCUT2D eigenvalue weighted by atomic mass is 16.1. The van der Waals surface area contributed by atoms with Gasteiger partial charge in [0.25, 0.3) is 0 Å². The van der Waals surface area contributed by atoms with Gasteiger partial charge in [-0.25, -0.2) is 9.97 Å². The molecule has 1 aliphatic heterocycles.